The maximum absolute atomic E-state index is 13.8. The van der Waals surface area contributed by atoms with Crippen molar-refractivity contribution in [3.8, 4) is 5.69 Å². The van der Waals surface area contributed by atoms with Gasteiger partial charge in [-0.25, -0.2) is 13.9 Å². The van der Waals surface area contributed by atoms with E-state index < -0.39 is 11.8 Å². The fourth-order valence-electron chi connectivity index (χ4n) is 2.55. The Labute approximate surface area is 158 Å². The fraction of sp³-hybridized carbons (Fsp3) is 0.238. The molecule has 5 nitrogen and oxygen atoms in total. The van der Waals surface area contributed by atoms with Crippen LogP contribution in [-0.4, -0.2) is 15.8 Å². The summed E-state index contributed by atoms with van der Waals surface area (Å²) in [5.74, 6) is 0.0210. The van der Waals surface area contributed by atoms with E-state index in [0.717, 1.165) is 16.9 Å². The quantitative estimate of drug-likeness (QED) is 0.664. The summed E-state index contributed by atoms with van der Waals surface area (Å²) in [5, 5.41) is 9.96. The lowest BCUT2D eigenvalue weighted by molar-refractivity contribution is 0.262. The number of halogens is 1. The Morgan fingerprint density at radius 1 is 1.04 bits per heavy atom. The van der Waals surface area contributed by atoms with Gasteiger partial charge in [0.25, 0.3) is 0 Å². The van der Waals surface area contributed by atoms with Crippen LogP contribution in [-0.2, 0) is 5.41 Å². The number of hydrogen-bond acceptors (Lipinski definition) is 2. The molecular weight excluding hydrogens is 343 g/mol. The van der Waals surface area contributed by atoms with Crippen molar-refractivity contribution in [3.05, 3.63) is 71.7 Å². The Morgan fingerprint density at radius 3 is 2.33 bits per heavy atom. The molecule has 0 bridgehead atoms. The van der Waals surface area contributed by atoms with Crippen LogP contribution in [0.25, 0.3) is 5.69 Å². The van der Waals surface area contributed by atoms with Gasteiger partial charge < -0.3 is 5.32 Å². The van der Waals surface area contributed by atoms with Crippen molar-refractivity contribution in [2.24, 2.45) is 0 Å². The molecule has 0 aliphatic rings. The average molecular weight is 366 g/mol. The number of amides is 2. The van der Waals surface area contributed by atoms with Crippen molar-refractivity contribution in [3.63, 3.8) is 0 Å². The van der Waals surface area contributed by atoms with E-state index in [0.29, 0.717) is 5.82 Å². The van der Waals surface area contributed by atoms with E-state index in [4.69, 9.17) is 0 Å². The van der Waals surface area contributed by atoms with Crippen molar-refractivity contribution in [1.29, 1.82) is 0 Å². The molecule has 0 aliphatic heterocycles. The summed E-state index contributed by atoms with van der Waals surface area (Å²) in [7, 11) is 0. The summed E-state index contributed by atoms with van der Waals surface area (Å²) in [6.07, 6.45) is 0. The van der Waals surface area contributed by atoms with Gasteiger partial charge in [-0.05, 0) is 31.2 Å². The predicted octanol–water partition coefficient (Wildman–Crippen LogP) is 5.26. The highest BCUT2D eigenvalue weighted by molar-refractivity contribution is 5.99. The molecule has 0 atom stereocenters. The molecule has 0 saturated carbocycles. The zero-order valence-corrected chi connectivity index (χ0v) is 15.9. The van der Waals surface area contributed by atoms with E-state index in [-0.39, 0.29) is 11.1 Å². The second-order valence-corrected chi connectivity index (χ2v) is 7.47. The van der Waals surface area contributed by atoms with Crippen LogP contribution >= 0.6 is 0 Å². The first-order valence-corrected chi connectivity index (χ1v) is 8.74. The first kappa shape index (κ1) is 18.6. The topological polar surface area (TPSA) is 59.0 Å². The first-order chi connectivity index (χ1) is 12.7. The Bertz CT molecular complexity index is 955. The molecular formula is C21H23FN4O. The minimum Gasteiger partial charge on any atom is -0.305 e. The number of para-hydroxylation sites is 1. The van der Waals surface area contributed by atoms with Crippen LogP contribution in [0.5, 0.6) is 0 Å². The first-order valence-electron chi connectivity index (χ1n) is 8.74. The molecule has 0 saturated heterocycles. The number of urea groups is 1. The third-order valence-electron chi connectivity index (χ3n) is 4.12. The summed E-state index contributed by atoms with van der Waals surface area (Å²) in [6.45, 7) is 8.17. The average Bonchev–Trinajstić information content (AvgIpc) is 3.02. The molecule has 140 valence electrons. The lowest BCUT2D eigenvalue weighted by atomic mass is 9.92. The molecule has 0 spiro atoms. The van der Waals surface area contributed by atoms with Crippen LogP contribution in [0.4, 0.5) is 20.7 Å². The third kappa shape index (κ3) is 4.34. The number of rotatable bonds is 3. The zero-order valence-electron chi connectivity index (χ0n) is 15.9. The van der Waals surface area contributed by atoms with Gasteiger partial charge in [0.2, 0.25) is 0 Å². The van der Waals surface area contributed by atoms with Gasteiger partial charge in [-0.2, -0.15) is 5.10 Å². The monoisotopic (exact) mass is 366 g/mol. The zero-order chi connectivity index (χ0) is 19.6. The van der Waals surface area contributed by atoms with Crippen LogP contribution < -0.4 is 10.6 Å². The normalized spacial score (nSPS) is 11.3. The van der Waals surface area contributed by atoms with Crippen molar-refractivity contribution in [2.45, 2.75) is 33.1 Å². The molecule has 0 unspecified atom stereocenters. The standard InChI is InChI=1S/C21H23FN4O/c1-14-9-11-15(12-10-14)26-19(13-18(25-26)21(2,3)4)24-20(27)23-17-8-6-5-7-16(17)22/h5-13H,1-4H3,(H2,23,24,27). The Balaban J connectivity index is 1.91. The third-order valence-corrected chi connectivity index (χ3v) is 4.12. The largest absolute Gasteiger partial charge is 0.324 e. The maximum Gasteiger partial charge on any atom is 0.324 e. The van der Waals surface area contributed by atoms with E-state index in [1.165, 1.54) is 12.1 Å². The van der Waals surface area contributed by atoms with E-state index in [1.54, 1.807) is 16.8 Å². The Morgan fingerprint density at radius 2 is 1.70 bits per heavy atom. The van der Waals surface area contributed by atoms with Gasteiger partial charge in [-0.15, -0.1) is 0 Å². The van der Waals surface area contributed by atoms with E-state index in [9.17, 15) is 9.18 Å². The number of carbonyl (C=O) groups is 1. The molecule has 1 heterocycles. The van der Waals surface area contributed by atoms with Crippen LogP contribution in [0.3, 0.4) is 0 Å². The summed E-state index contributed by atoms with van der Waals surface area (Å²) in [5.41, 5.74) is 2.73. The number of hydrogen-bond donors (Lipinski definition) is 2. The van der Waals surface area contributed by atoms with Crippen LogP contribution in [0, 0.1) is 12.7 Å². The molecule has 6 heteroatoms. The van der Waals surface area contributed by atoms with Crippen molar-refractivity contribution < 1.29 is 9.18 Å². The van der Waals surface area contributed by atoms with Crippen molar-refractivity contribution in [1.82, 2.24) is 9.78 Å². The minimum atomic E-state index is -0.533. The van der Waals surface area contributed by atoms with Crippen molar-refractivity contribution in [2.75, 3.05) is 10.6 Å². The summed E-state index contributed by atoms with van der Waals surface area (Å²) >= 11 is 0. The number of benzene rings is 2. The van der Waals surface area contributed by atoms with E-state index in [1.807, 2.05) is 37.3 Å². The smallest absolute Gasteiger partial charge is 0.305 e. The lowest BCUT2D eigenvalue weighted by Gasteiger charge is -2.14. The molecule has 27 heavy (non-hydrogen) atoms. The molecule has 0 aliphatic carbocycles. The van der Waals surface area contributed by atoms with Gasteiger partial charge in [0, 0.05) is 11.5 Å². The molecule has 2 N–H and O–H groups in total. The van der Waals surface area contributed by atoms with Crippen molar-refractivity contribution >= 4 is 17.5 Å². The number of nitrogens with one attached hydrogen (secondary N) is 2. The molecule has 2 aromatic carbocycles. The highest BCUT2D eigenvalue weighted by atomic mass is 19.1. The minimum absolute atomic E-state index is 0.118. The predicted molar refractivity (Wildman–Crippen MR) is 106 cm³/mol. The van der Waals surface area contributed by atoms with Gasteiger partial charge in [0.1, 0.15) is 11.6 Å². The molecule has 2 amide bonds. The number of nitrogens with zero attached hydrogens (tertiary/aromatic N) is 2. The highest BCUT2D eigenvalue weighted by Gasteiger charge is 2.21. The van der Waals surface area contributed by atoms with Crippen LogP contribution in [0.15, 0.2) is 54.6 Å². The van der Waals surface area contributed by atoms with Gasteiger partial charge in [0.15, 0.2) is 0 Å². The number of aryl methyl sites for hydroxylation is 1. The molecule has 1 aromatic heterocycles. The van der Waals surface area contributed by atoms with E-state index in [2.05, 4.69) is 36.5 Å². The van der Waals surface area contributed by atoms with Crippen LogP contribution in [0.2, 0.25) is 0 Å². The number of anilines is 2. The SMILES string of the molecule is Cc1ccc(-n2nc(C(C)(C)C)cc2NC(=O)Nc2ccccc2F)cc1. The second kappa shape index (κ2) is 7.23. The second-order valence-electron chi connectivity index (χ2n) is 7.47. The summed E-state index contributed by atoms with van der Waals surface area (Å²) in [4.78, 5) is 12.4. The maximum atomic E-state index is 13.8. The van der Waals surface area contributed by atoms with Gasteiger partial charge in [0.05, 0.1) is 17.1 Å². The molecule has 0 fully saturated rings. The Hall–Kier alpha value is -3.15. The van der Waals surface area contributed by atoms with Gasteiger partial charge >= 0.3 is 6.03 Å². The Kier molecular flexibility index (Phi) is 4.99. The van der Waals surface area contributed by atoms with Crippen LogP contribution in [0.1, 0.15) is 32.0 Å². The molecule has 3 aromatic rings. The summed E-state index contributed by atoms with van der Waals surface area (Å²) in [6, 6.07) is 15.2. The highest BCUT2D eigenvalue weighted by Crippen LogP contribution is 2.26. The van der Waals surface area contributed by atoms with Gasteiger partial charge in [-0.3, -0.25) is 5.32 Å². The number of carbonyl (C=O) groups excluding carboxylic acids is 1. The molecule has 0 radical (unpaired) electrons. The van der Waals surface area contributed by atoms with Gasteiger partial charge in [-0.1, -0.05) is 50.6 Å². The van der Waals surface area contributed by atoms with E-state index >= 15 is 0 Å². The fourth-order valence-corrected chi connectivity index (χ4v) is 2.55. The molecule has 3 rings (SSSR count). The number of aromatic nitrogens is 2. The summed E-state index contributed by atoms with van der Waals surface area (Å²) < 4.78 is 15.5. The lowest BCUT2D eigenvalue weighted by Crippen LogP contribution is -2.21.